The molecule has 174 valence electrons. The van der Waals surface area contributed by atoms with Crippen molar-refractivity contribution in [3.05, 3.63) is 93.6 Å². The van der Waals surface area contributed by atoms with Gasteiger partial charge in [-0.1, -0.05) is 46.3 Å². The van der Waals surface area contributed by atoms with Crippen LogP contribution in [0, 0.1) is 0 Å². The lowest BCUT2D eigenvalue weighted by molar-refractivity contribution is -0.116. The molecule has 0 aromatic heterocycles. The van der Waals surface area contributed by atoms with Gasteiger partial charge >= 0.3 is 0 Å². The molecule has 0 radical (unpaired) electrons. The van der Waals surface area contributed by atoms with Gasteiger partial charge in [0.15, 0.2) is 17.3 Å². The van der Waals surface area contributed by atoms with E-state index in [1.54, 1.807) is 7.11 Å². The molecular formula is C28H27BrN2O3. The first-order chi connectivity index (χ1) is 16.6. The number of hydrogen-bond donors (Lipinski definition) is 2. The first kappa shape index (κ1) is 22.5. The molecule has 2 aliphatic rings. The maximum atomic E-state index is 13.7. The summed E-state index contributed by atoms with van der Waals surface area (Å²) in [6, 6.07) is 22.0. The minimum atomic E-state index is -0.220. The summed E-state index contributed by atoms with van der Waals surface area (Å²) in [5.74, 6) is 1.62. The molecule has 34 heavy (non-hydrogen) atoms. The first-order valence-corrected chi connectivity index (χ1v) is 12.3. The average Bonchev–Trinajstić information content (AvgIpc) is 3.02. The number of carbonyl (C=O) groups is 1. The molecule has 0 saturated heterocycles. The summed E-state index contributed by atoms with van der Waals surface area (Å²) in [6.45, 7) is 2.52. The van der Waals surface area contributed by atoms with Crippen LogP contribution in [0.2, 0.25) is 0 Å². The predicted octanol–water partition coefficient (Wildman–Crippen LogP) is 6.84. The second kappa shape index (κ2) is 9.55. The summed E-state index contributed by atoms with van der Waals surface area (Å²) in [5, 5.41) is 7.22. The number of hydrogen-bond acceptors (Lipinski definition) is 5. The van der Waals surface area contributed by atoms with Crippen LogP contribution < -0.4 is 20.1 Å². The van der Waals surface area contributed by atoms with Crippen molar-refractivity contribution in [1.82, 2.24) is 0 Å². The van der Waals surface area contributed by atoms with E-state index in [1.165, 1.54) is 0 Å². The summed E-state index contributed by atoms with van der Waals surface area (Å²) in [4.78, 5) is 13.7. The molecule has 1 heterocycles. The molecule has 3 aromatic rings. The van der Waals surface area contributed by atoms with E-state index in [9.17, 15) is 4.79 Å². The fourth-order valence-electron chi connectivity index (χ4n) is 4.85. The number of rotatable bonds is 5. The number of benzene rings is 3. The minimum Gasteiger partial charge on any atom is -0.493 e. The number of nitrogens with one attached hydrogen (secondary N) is 2. The standard InChI is InChI=1S/C28H27BrN2O3/c1-3-34-25-13-10-18(16-26(25)33-2)19-14-23-27(24(32)15-19)28(17-8-11-20(29)12-9-17)31-22-7-5-4-6-21(22)30-23/h4-13,16,19,28,30-31H,3,14-15H2,1-2H3. The van der Waals surface area contributed by atoms with Crippen LogP contribution in [0.5, 0.6) is 11.5 Å². The Morgan fingerprint density at radius 2 is 1.68 bits per heavy atom. The van der Waals surface area contributed by atoms with Gasteiger partial charge in [0.05, 0.1) is 31.1 Å². The van der Waals surface area contributed by atoms with Gasteiger partial charge in [0.1, 0.15) is 0 Å². The van der Waals surface area contributed by atoms with Crippen molar-refractivity contribution in [3.63, 3.8) is 0 Å². The molecule has 1 aliphatic carbocycles. The van der Waals surface area contributed by atoms with Crippen LogP contribution in [0.3, 0.4) is 0 Å². The van der Waals surface area contributed by atoms with Crippen LogP contribution in [0.15, 0.2) is 82.5 Å². The van der Waals surface area contributed by atoms with Crippen LogP contribution in [-0.2, 0) is 4.79 Å². The molecule has 2 atom stereocenters. The largest absolute Gasteiger partial charge is 0.493 e. The van der Waals surface area contributed by atoms with Gasteiger partial charge in [0, 0.05) is 22.2 Å². The average molecular weight is 519 g/mol. The van der Waals surface area contributed by atoms with Crippen molar-refractivity contribution in [2.45, 2.75) is 31.7 Å². The normalized spacial score (nSPS) is 19.3. The lowest BCUT2D eigenvalue weighted by Gasteiger charge is -2.30. The molecule has 5 rings (SSSR count). The Morgan fingerprint density at radius 3 is 2.41 bits per heavy atom. The van der Waals surface area contributed by atoms with Crippen molar-refractivity contribution >= 4 is 33.1 Å². The zero-order chi connectivity index (χ0) is 23.7. The molecule has 0 fully saturated rings. The third-order valence-electron chi connectivity index (χ3n) is 6.47. The highest BCUT2D eigenvalue weighted by Gasteiger charge is 2.36. The van der Waals surface area contributed by atoms with Crippen LogP contribution in [0.4, 0.5) is 11.4 Å². The first-order valence-electron chi connectivity index (χ1n) is 11.5. The number of Topliss-reactive ketones (excluding diaryl/α,β-unsaturated/α-hetero) is 1. The fraction of sp³-hybridized carbons (Fsp3) is 0.250. The van der Waals surface area contributed by atoms with Crippen LogP contribution >= 0.6 is 15.9 Å². The molecule has 2 unspecified atom stereocenters. The Labute approximate surface area is 208 Å². The number of para-hydroxylation sites is 2. The van der Waals surface area contributed by atoms with Gasteiger partial charge in [0.25, 0.3) is 0 Å². The summed E-state index contributed by atoms with van der Waals surface area (Å²) in [7, 11) is 1.65. The van der Waals surface area contributed by atoms with E-state index in [0.717, 1.165) is 50.4 Å². The predicted molar refractivity (Wildman–Crippen MR) is 139 cm³/mol. The third kappa shape index (κ3) is 4.30. The third-order valence-corrected chi connectivity index (χ3v) is 7.00. The molecule has 6 heteroatoms. The maximum absolute atomic E-state index is 13.7. The maximum Gasteiger partial charge on any atom is 0.163 e. The van der Waals surface area contributed by atoms with Gasteiger partial charge in [-0.25, -0.2) is 0 Å². The van der Waals surface area contributed by atoms with E-state index in [-0.39, 0.29) is 17.7 Å². The number of anilines is 2. The number of carbonyl (C=O) groups excluding carboxylic acids is 1. The molecule has 1 aliphatic heterocycles. The highest BCUT2D eigenvalue weighted by Crippen LogP contribution is 2.45. The molecule has 0 amide bonds. The lowest BCUT2D eigenvalue weighted by Crippen LogP contribution is -2.26. The van der Waals surface area contributed by atoms with Gasteiger partial charge in [-0.05, 0) is 66.8 Å². The Kier molecular flexibility index (Phi) is 6.33. The van der Waals surface area contributed by atoms with Crippen molar-refractivity contribution in [2.75, 3.05) is 24.4 Å². The second-order valence-corrected chi connectivity index (χ2v) is 9.48. The molecule has 0 spiro atoms. The topological polar surface area (TPSA) is 59.6 Å². The van der Waals surface area contributed by atoms with Crippen molar-refractivity contribution in [3.8, 4) is 11.5 Å². The van der Waals surface area contributed by atoms with Crippen LogP contribution in [0.25, 0.3) is 0 Å². The summed E-state index contributed by atoms with van der Waals surface area (Å²) in [6.07, 6.45) is 1.18. The SMILES string of the molecule is CCOc1ccc(C2CC(=O)C3=C(C2)Nc2ccccc2NC3c2ccc(Br)cc2)cc1OC. The van der Waals surface area contributed by atoms with E-state index in [4.69, 9.17) is 9.47 Å². The van der Waals surface area contributed by atoms with Gasteiger partial charge in [-0.15, -0.1) is 0 Å². The summed E-state index contributed by atoms with van der Waals surface area (Å²) >= 11 is 3.52. The van der Waals surface area contributed by atoms with E-state index in [0.29, 0.717) is 18.8 Å². The summed E-state index contributed by atoms with van der Waals surface area (Å²) in [5.41, 5.74) is 5.88. The Hall–Kier alpha value is -3.25. The van der Waals surface area contributed by atoms with Crippen molar-refractivity contribution in [1.29, 1.82) is 0 Å². The number of allylic oxidation sites excluding steroid dienone is 1. The summed E-state index contributed by atoms with van der Waals surface area (Å²) < 4.78 is 12.3. The van der Waals surface area contributed by atoms with Gasteiger partial charge in [-0.3, -0.25) is 4.79 Å². The number of ketones is 1. The highest BCUT2D eigenvalue weighted by molar-refractivity contribution is 9.10. The zero-order valence-corrected chi connectivity index (χ0v) is 20.8. The highest BCUT2D eigenvalue weighted by atomic mass is 79.9. The van der Waals surface area contributed by atoms with E-state index in [1.807, 2.05) is 61.5 Å². The Bertz CT molecular complexity index is 1250. The molecule has 3 aromatic carbocycles. The molecule has 2 N–H and O–H groups in total. The number of halogens is 1. The quantitative estimate of drug-likeness (QED) is 0.387. The molecular weight excluding hydrogens is 492 g/mol. The lowest BCUT2D eigenvalue weighted by atomic mass is 9.78. The Balaban J connectivity index is 1.55. The van der Waals surface area contributed by atoms with Crippen molar-refractivity contribution < 1.29 is 14.3 Å². The zero-order valence-electron chi connectivity index (χ0n) is 19.2. The van der Waals surface area contributed by atoms with Crippen LogP contribution in [-0.4, -0.2) is 19.5 Å². The van der Waals surface area contributed by atoms with Gasteiger partial charge < -0.3 is 20.1 Å². The van der Waals surface area contributed by atoms with Crippen molar-refractivity contribution in [2.24, 2.45) is 0 Å². The van der Waals surface area contributed by atoms with E-state index >= 15 is 0 Å². The van der Waals surface area contributed by atoms with E-state index in [2.05, 4.69) is 38.7 Å². The Morgan fingerprint density at radius 1 is 0.941 bits per heavy atom. The molecule has 5 nitrogen and oxygen atoms in total. The smallest absolute Gasteiger partial charge is 0.163 e. The number of methoxy groups -OCH3 is 1. The van der Waals surface area contributed by atoms with E-state index < -0.39 is 0 Å². The monoisotopic (exact) mass is 518 g/mol. The second-order valence-electron chi connectivity index (χ2n) is 8.56. The number of ether oxygens (including phenoxy) is 2. The van der Waals surface area contributed by atoms with Gasteiger partial charge in [0.2, 0.25) is 0 Å². The van der Waals surface area contributed by atoms with Gasteiger partial charge in [-0.2, -0.15) is 0 Å². The number of fused-ring (bicyclic) bond motifs is 1. The molecule has 0 bridgehead atoms. The minimum absolute atomic E-state index is 0.0548. The fourth-order valence-corrected chi connectivity index (χ4v) is 5.11. The molecule has 0 saturated carbocycles. The van der Waals surface area contributed by atoms with Crippen LogP contribution in [0.1, 0.15) is 42.9 Å².